The monoisotopic (exact) mass is 230 g/mol. The fraction of sp³-hybridized carbons (Fsp3) is 0. The Hall–Kier alpha value is -2.49. The van der Waals surface area contributed by atoms with Crippen molar-refractivity contribution in [3.63, 3.8) is 0 Å². The summed E-state index contributed by atoms with van der Waals surface area (Å²) in [7, 11) is 0. The number of rotatable bonds is 2. The fourth-order valence-corrected chi connectivity index (χ4v) is 1.65. The number of hydrogen-bond donors (Lipinski definition) is 3. The van der Waals surface area contributed by atoms with Crippen LogP contribution in [0.4, 0.5) is 0 Å². The molecule has 4 heteroatoms. The van der Waals surface area contributed by atoms with Crippen LogP contribution in [0.5, 0.6) is 11.5 Å². The van der Waals surface area contributed by atoms with E-state index in [1.807, 2.05) is 0 Å². The first-order valence-corrected chi connectivity index (χ1v) is 4.94. The molecule has 0 unspecified atom stereocenters. The van der Waals surface area contributed by atoms with Crippen LogP contribution in [0, 0.1) is 0 Å². The third kappa shape index (κ3) is 2.06. The molecule has 0 radical (unpaired) electrons. The normalized spacial score (nSPS) is 10.1. The molecule has 0 aromatic heterocycles. The van der Waals surface area contributed by atoms with Gasteiger partial charge in [0.1, 0.15) is 17.1 Å². The van der Waals surface area contributed by atoms with E-state index in [1.54, 1.807) is 24.3 Å². The van der Waals surface area contributed by atoms with Crippen LogP contribution in [0.2, 0.25) is 0 Å². The Balaban J connectivity index is 2.63. The first-order chi connectivity index (χ1) is 8.09. The van der Waals surface area contributed by atoms with Gasteiger partial charge in [0.25, 0.3) is 0 Å². The third-order valence-corrected chi connectivity index (χ3v) is 2.43. The molecule has 0 bridgehead atoms. The van der Waals surface area contributed by atoms with Crippen LogP contribution in [0.3, 0.4) is 0 Å². The van der Waals surface area contributed by atoms with Crippen LogP contribution < -0.4 is 0 Å². The van der Waals surface area contributed by atoms with Crippen LogP contribution >= 0.6 is 0 Å². The average Bonchev–Trinajstić information content (AvgIpc) is 2.29. The Bertz CT molecular complexity index is 558. The van der Waals surface area contributed by atoms with Gasteiger partial charge in [-0.05, 0) is 29.3 Å². The van der Waals surface area contributed by atoms with Crippen molar-refractivity contribution in [3.05, 3.63) is 48.0 Å². The Morgan fingerprint density at radius 1 is 0.941 bits per heavy atom. The second-order valence-corrected chi connectivity index (χ2v) is 3.55. The number of aromatic hydroxyl groups is 2. The van der Waals surface area contributed by atoms with E-state index < -0.39 is 5.97 Å². The lowest BCUT2D eigenvalue weighted by atomic mass is 9.99. The number of carboxylic acid groups (broad SMARTS) is 1. The van der Waals surface area contributed by atoms with E-state index >= 15 is 0 Å². The summed E-state index contributed by atoms with van der Waals surface area (Å²) in [6.07, 6.45) is 0. The summed E-state index contributed by atoms with van der Waals surface area (Å²) in [5.74, 6) is -1.36. The summed E-state index contributed by atoms with van der Waals surface area (Å²) in [6, 6.07) is 10.6. The molecular formula is C13H10O4. The molecule has 0 amide bonds. The topological polar surface area (TPSA) is 77.8 Å². The maximum Gasteiger partial charge on any atom is 0.340 e. The molecule has 17 heavy (non-hydrogen) atoms. The maximum absolute atomic E-state index is 11.1. The van der Waals surface area contributed by atoms with Gasteiger partial charge >= 0.3 is 5.97 Å². The van der Waals surface area contributed by atoms with Crippen molar-refractivity contribution in [2.24, 2.45) is 0 Å². The molecule has 0 spiro atoms. The first-order valence-electron chi connectivity index (χ1n) is 4.94. The van der Waals surface area contributed by atoms with Crippen LogP contribution in [0.15, 0.2) is 42.5 Å². The van der Waals surface area contributed by atoms with Gasteiger partial charge in [-0.2, -0.15) is 0 Å². The van der Waals surface area contributed by atoms with E-state index in [-0.39, 0.29) is 17.1 Å². The van der Waals surface area contributed by atoms with Crippen molar-refractivity contribution in [3.8, 4) is 22.6 Å². The van der Waals surface area contributed by atoms with E-state index in [0.717, 1.165) is 0 Å². The highest BCUT2D eigenvalue weighted by Crippen LogP contribution is 2.30. The number of phenols is 2. The summed E-state index contributed by atoms with van der Waals surface area (Å²) in [5, 5.41) is 27.8. The molecule has 0 saturated heterocycles. The van der Waals surface area contributed by atoms with Gasteiger partial charge in [-0.25, -0.2) is 4.79 Å². The highest BCUT2D eigenvalue weighted by molar-refractivity contribution is 5.98. The smallest absolute Gasteiger partial charge is 0.340 e. The minimum absolute atomic E-state index is 0.103. The number of carboxylic acids is 1. The van der Waals surface area contributed by atoms with Crippen LogP contribution in [-0.4, -0.2) is 21.3 Å². The van der Waals surface area contributed by atoms with Gasteiger partial charge < -0.3 is 15.3 Å². The minimum Gasteiger partial charge on any atom is -0.508 e. The van der Waals surface area contributed by atoms with E-state index in [1.165, 1.54) is 18.2 Å². The summed E-state index contributed by atoms with van der Waals surface area (Å²) in [4.78, 5) is 11.1. The van der Waals surface area contributed by atoms with E-state index in [9.17, 15) is 15.0 Å². The number of carbonyl (C=O) groups is 1. The molecule has 2 rings (SSSR count). The van der Waals surface area contributed by atoms with Gasteiger partial charge in [-0.1, -0.05) is 24.3 Å². The Morgan fingerprint density at radius 3 is 2.18 bits per heavy atom. The fourth-order valence-electron chi connectivity index (χ4n) is 1.65. The zero-order valence-corrected chi connectivity index (χ0v) is 8.79. The lowest BCUT2D eigenvalue weighted by Gasteiger charge is -2.07. The highest BCUT2D eigenvalue weighted by atomic mass is 16.4. The predicted molar refractivity (Wildman–Crippen MR) is 62.2 cm³/mol. The molecule has 0 fully saturated rings. The molecule has 0 heterocycles. The van der Waals surface area contributed by atoms with Gasteiger partial charge in [-0.3, -0.25) is 0 Å². The largest absolute Gasteiger partial charge is 0.508 e. The van der Waals surface area contributed by atoms with Crippen molar-refractivity contribution in [1.29, 1.82) is 0 Å². The molecule has 0 saturated carbocycles. The van der Waals surface area contributed by atoms with Gasteiger partial charge in [0.05, 0.1) is 0 Å². The second kappa shape index (κ2) is 4.17. The number of benzene rings is 2. The number of phenolic OH excluding ortho intramolecular Hbond substituents is 1. The molecule has 0 aliphatic carbocycles. The molecule has 4 nitrogen and oxygen atoms in total. The van der Waals surface area contributed by atoms with Gasteiger partial charge in [0, 0.05) is 0 Å². The predicted octanol–water partition coefficient (Wildman–Crippen LogP) is 2.46. The quantitative estimate of drug-likeness (QED) is 0.740. The molecule has 3 N–H and O–H groups in total. The Labute approximate surface area is 97.4 Å². The summed E-state index contributed by atoms with van der Waals surface area (Å²) >= 11 is 0. The molecule has 2 aromatic carbocycles. The van der Waals surface area contributed by atoms with Gasteiger partial charge in [-0.15, -0.1) is 0 Å². The van der Waals surface area contributed by atoms with Crippen molar-refractivity contribution < 1.29 is 20.1 Å². The van der Waals surface area contributed by atoms with E-state index in [0.29, 0.717) is 11.1 Å². The van der Waals surface area contributed by atoms with Gasteiger partial charge in [0.2, 0.25) is 0 Å². The summed E-state index contributed by atoms with van der Waals surface area (Å²) in [6.45, 7) is 0. The zero-order chi connectivity index (χ0) is 12.4. The lowest BCUT2D eigenvalue weighted by Crippen LogP contribution is -1.99. The molecule has 0 aliphatic heterocycles. The van der Waals surface area contributed by atoms with Crippen LogP contribution in [0.1, 0.15) is 10.4 Å². The van der Waals surface area contributed by atoms with Crippen molar-refractivity contribution >= 4 is 5.97 Å². The summed E-state index contributed by atoms with van der Waals surface area (Å²) in [5.41, 5.74) is 0.895. The minimum atomic E-state index is -1.19. The maximum atomic E-state index is 11.1. The summed E-state index contributed by atoms with van der Waals surface area (Å²) < 4.78 is 0. The molecule has 2 aromatic rings. The van der Waals surface area contributed by atoms with Crippen LogP contribution in [-0.2, 0) is 0 Å². The SMILES string of the molecule is O=C(O)c1c(O)cccc1-c1ccc(O)cc1. The van der Waals surface area contributed by atoms with E-state index in [2.05, 4.69) is 0 Å². The van der Waals surface area contributed by atoms with Gasteiger partial charge in [0.15, 0.2) is 0 Å². The molecule has 0 atom stereocenters. The number of aromatic carboxylic acids is 1. The van der Waals surface area contributed by atoms with E-state index in [4.69, 9.17) is 5.11 Å². The Morgan fingerprint density at radius 2 is 1.59 bits per heavy atom. The average molecular weight is 230 g/mol. The molecule has 0 aliphatic rings. The lowest BCUT2D eigenvalue weighted by molar-refractivity contribution is 0.0694. The van der Waals surface area contributed by atoms with Crippen molar-refractivity contribution in [2.45, 2.75) is 0 Å². The molecule has 86 valence electrons. The molecular weight excluding hydrogens is 220 g/mol. The van der Waals surface area contributed by atoms with Crippen molar-refractivity contribution in [2.75, 3.05) is 0 Å². The van der Waals surface area contributed by atoms with Crippen LogP contribution in [0.25, 0.3) is 11.1 Å². The third-order valence-electron chi connectivity index (χ3n) is 2.43. The standard InChI is InChI=1S/C13H10O4/c14-9-6-4-8(5-7-9)10-2-1-3-11(15)12(10)13(16)17/h1-7,14-15H,(H,16,17). The van der Waals surface area contributed by atoms with Crippen molar-refractivity contribution in [1.82, 2.24) is 0 Å². The second-order valence-electron chi connectivity index (χ2n) is 3.55. The highest BCUT2D eigenvalue weighted by Gasteiger charge is 2.15. The zero-order valence-electron chi connectivity index (χ0n) is 8.79. The number of hydrogen-bond acceptors (Lipinski definition) is 3. The Kier molecular flexibility index (Phi) is 2.70. The first kappa shape index (κ1) is 11.0.